The zero-order chi connectivity index (χ0) is 14.1. The number of halogens is 1. The van der Waals surface area contributed by atoms with Crippen molar-refractivity contribution in [3.63, 3.8) is 0 Å². The molecule has 4 nitrogen and oxygen atoms in total. The molecule has 3 rings (SSSR count). The molecule has 1 aromatic heterocycles. The fraction of sp³-hybridized carbons (Fsp3) is 0.467. The summed E-state index contributed by atoms with van der Waals surface area (Å²) in [6.07, 6.45) is 0. The molecule has 0 saturated heterocycles. The SMILES string of the molecule is CC(C)Cn1c(CCl)nnc1-c1ccc2c(c1)COC2. The van der Waals surface area contributed by atoms with Gasteiger partial charge in [0.15, 0.2) is 5.82 Å². The molecular formula is C15H18ClN3O. The van der Waals surface area contributed by atoms with E-state index in [4.69, 9.17) is 16.3 Å². The normalized spacial score (nSPS) is 14.0. The summed E-state index contributed by atoms with van der Waals surface area (Å²) >= 11 is 5.97. The lowest BCUT2D eigenvalue weighted by atomic mass is 10.1. The Labute approximate surface area is 123 Å². The van der Waals surface area contributed by atoms with Crippen LogP contribution in [0, 0.1) is 5.92 Å². The fourth-order valence-corrected chi connectivity index (χ4v) is 2.71. The van der Waals surface area contributed by atoms with E-state index < -0.39 is 0 Å². The van der Waals surface area contributed by atoms with Gasteiger partial charge in [-0.2, -0.15) is 0 Å². The van der Waals surface area contributed by atoms with E-state index in [0.29, 0.717) is 25.0 Å². The van der Waals surface area contributed by atoms with E-state index in [0.717, 1.165) is 23.8 Å². The fourth-order valence-electron chi connectivity index (χ4n) is 2.52. The first kappa shape index (κ1) is 13.6. The summed E-state index contributed by atoms with van der Waals surface area (Å²) in [5.74, 6) is 2.62. The number of ether oxygens (including phenoxy) is 1. The Kier molecular flexibility index (Phi) is 3.76. The molecule has 1 aliphatic heterocycles. The molecule has 5 heteroatoms. The number of alkyl halides is 1. The Bertz CT molecular complexity index is 622. The van der Waals surface area contributed by atoms with Crippen molar-refractivity contribution in [3.8, 4) is 11.4 Å². The average molecular weight is 292 g/mol. The third kappa shape index (κ3) is 2.45. The molecular weight excluding hydrogens is 274 g/mol. The van der Waals surface area contributed by atoms with Gasteiger partial charge in [-0.25, -0.2) is 0 Å². The van der Waals surface area contributed by atoms with Gasteiger partial charge in [0.05, 0.1) is 19.1 Å². The molecule has 0 aliphatic carbocycles. The van der Waals surface area contributed by atoms with Crippen molar-refractivity contribution in [2.24, 2.45) is 5.92 Å². The minimum absolute atomic E-state index is 0.383. The molecule has 2 aromatic rings. The van der Waals surface area contributed by atoms with Gasteiger partial charge in [-0.1, -0.05) is 26.0 Å². The monoisotopic (exact) mass is 291 g/mol. The summed E-state index contributed by atoms with van der Waals surface area (Å²) < 4.78 is 7.58. The summed E-state index contributed by atoms with van der Waals surface area (Å²) in [4.78, 5) is 0. The molecule has 0 bridgehead atoms. The number of rotatable bonds is 4. The molecule has 0 radical (unpaired) electrons. The van der Waals surface area contributed by atoms with Crippen molar-refractivity contribution < 1.29 is 4.74 Å². The second-order valence-corrected chi connectivity index (χ2v) is 5.82. The van der Waals surface area contributed by atoms with E-state index in [9.17, 15) is 0 Å². The van der Waals surface area contributed by atoms with Crippen LogP contribution in [0.2, 0.25) is 0 Å². The van der Waals surface area contributed by atoms with Crippen molar-refractivity contribution in [1.82, 2.24) is 14.8 Å². The van der Waals surface area contributed by atoms with Gasteiger partial charge in [0.1, 0.15) is 5.82 Å². The number of hydrogen-bond donors (Lipinski definition) is 0. The molecule has 0 fully saturated rings. The van der Waals surface area contributed by atoms with E-state index in [-0.39, 0.29) is 0 Å². The largest absolute Gasteiger partial charge is 0.372 e. The molecule has 0 atom stereocenters. The predicted octanol–water partition coefficient (Wildman–Crippen LogP) is 3.37. The van der Waals surface area contributed by atoms with Crippen molar-refractivity contribution in [3.05, 3.63) is 35.2 Å². The maximum absolute atomic E-state index is 5.97. The number of benzene rings is 1. The van der Waals surface area contributed by atoms with Gasteiger partial charge in [-0.05, 0) is 23.1 Å². The van der Waals surface area contributed by atoms with Crippen molar-refractivity contribution in [2.45, 2.75) is 39.5 Å². The first-order valence-corrected chi connectivity index (χ1v) is 7.40. The van der Waals surface area contributed by atoms with Crippen LogP contribution in [0.3, 0.4) is 0 Å². The second kappa shape index (κ2) is 5.54. The number of fused-ring (bicyclic) bond motifs is 1. The van der Waals surface area contributed by atoms with E-state index in [1.54, 1.807) is 0 Å². The van der Waals surface area contributed by atoms with Crippen LogP contribution in [-0.2, 0) is 30.4 Å². The topological polar surface area (TPSA) is 39.9 Å². The van der Waals surface area contributed by atoms with Gasteiger partial charge in [0.25, 0.3) is 0 Å². The number of hydrogen-bond acceptors (Lipinski definition) is 3. The summed E-state index contributed by atoms with van der Waals surface area (Å²) in [6, 6.07) is 6.36. The quantitative estimate of drug-likeness (QED) is 0.811. The lowest BCUT2D eigenvalue weighted by Crippen LogP contribution is -2.09. The van der Waals surface area contributed by atoms with Crippen molar-refractivity contribution in [2.75, 3.05) is 0 Å². The first-order chi connectivity index (χ1) is 9.69. The van der Waals surface area contributed by atoms with Crippen LogP contribution < -0.4 is 0 Å². The maximum Gasteiger partial charge on any atom is 0.164 e. The smallest absolute Gasteiger partial charge is 0.164 e. The zero-order valence-corrected chi connectivity index (χ0v) is 12.5. The Hall–Kier alpha value is -1.39. The molecule has 2 heterocycles. The van der Waals surface area contributed by atoms with Crippen molar-refractivity contribution in [1.29, 1.82) is 0 Å². The summed E-state index contributed by atoms with van der Waals surface area (Å²) in [5.41, 5.74) is 3.59. The van der Waals surface area contributed by atoms with Gasteiger partial charge in [-0.15, -0.1) is 21.8 Å². The van der Waals surface area contributed by atoms with E-state index >= 15 is 0 Å². The molecule has 1 aromatic carbocycles. The van der Waals surface area contributed by atoms with Gasteiger partial charge in [0, 0.05) is 12.1 Å². The average Bonchev–Trinajstić information content (AvgIpc) is 3.03. The van der Waals surface area contributed by atoms with Crippen LogP contribution in [0.25, 0.3) is 11.4 Å². The number of aromatic nitrogens is 3. The Morgan fingerprint density at radius 2 is 2.05 bits per heavy atom. The minimum Gasteiger partial charge on any atom is -0.372 e. The maximum atomic E-state index is 5.97. The Morgan fingerprint density at radius 1 is 1.25 bits per heavy atom. The highest BCUT2D eigenvalue weighted by atomic mass is 35.5. The molecule has 0 N–H and O–H groups in total. The van der Waals surface area contributed by atoms with Gasteiger partial charge >= 0.3 is 0 Å². The van der Waals surface area contributed by atoms with Crippen LogP contribution in [0.1, 0.15) is 30.8 Å². The highest BCUT2D eigenvalue weighted by Gasteiger charge is 2.17. The molecule has 0 amide bonds. The Balaban J connectivity index is 2.03. The van der Waals surface area contributed by atoms with E-state index in [1.807, 2.05) is 0 Å². The minimum atomic E-state index is 0.383. The highest BCUT2D eigenvalue weighted by Crippen LogP contribution is 2.27. The highest BCUT2D eigenvalue weighted by molar-refractivity contribution is 6.16. The molecule has 106 valence electrons. The zero-order valence-electron chi connectivity index (χ0n) is 11.8. The van der Waals surface area contributed by atoms with Crippen LogP contribution in [-0.4, -0.2) is 14.8 Å². The summed E-state index contributed by atoms with van der Waals surface area (Å²) in [7, 11) is 0. The summed E-state index contributed by atoms with van der Waals surface area (Å²) in [5, 5.41) is 8.53. The predicted molar refractivity (Wildman–Crippen MR) is 78.3 cm³/mol. The molecule has 1 aliphatic rings. The third-order valence-electron chi connectivity index (χ3n) is 3.47. The lowest BCUT2D eigenvalue weighted by molar-refractivity contribution is 0.134. The van der Waals surface area contributed by atoms with Crippen molar-refractivity contribution >= 4 is 11.6 Å². The first-order valence-electron chi connectivity index (χ1n) is 6.87. The second-order valence-electron chi connectivity index (χ2n) is 5.55. The van der Waals surface area contributed by atoms with Gasteiger partial charge in [0.2, 0.25) is 0 Å². The molecule has 0 unspecified atom stereocenters. The Morgan fingerprint density at radius 3 is 2.80 bits per heavy atom. The van der Waals surface area contributed by atoms with Gasteiger partial charge < -0.3 is 9.30 Å². The van der Waals surface area contributed by atoms with Crippen LogP contribution in [0.15, 0.2) is 18.2 Å². The molecule has 20 heavy (non-hydrogen) atoms. The lowest BCUT2D eigenvalue weighted by Gasteiger charge is -2.12. The molecule has 0 spiro atoms. The third-order valence-corrected chi connectivity index (χ3v) is 3.71. The number of nitrogens with zero attached hydrogens (tertiary/aromatic N) is 3. The molecule has 0 saturated carbocycles. The van der Waals surface area contributed by atoms with E-state index in [2.05, 4.69) is 46.8 Å². The van der Waals surface area contributed by atoms with Crippen LogP contribution >= 0.6 is 11.6 Å². The van der Waals surface area contributed by atoms with E-state index in [1.165, 1.54) is 11.1 Å². The summed E-state index contributed by atoms with van der Waals surface area (Å²) in [6.45, 7) is 6.62. The van der Waals surface area contributed by atoms with Gasteiger partial charge in [-0.3, -0.25) is 0 Å². The van der Waals surface area contributed by atoms with Crippen LogP contribution in [0.4, 0.5) is 0 Å². The van der Waals surface area contributed by atoms with Crippen LogP contribution in [0.5, 0.6) is 0 Å². The standard InChI is InChI=1S/C15H18ClN3O/c1-10(2)7-19-14(6-16)17-18-15(19)11-3-4-12-8-20-9-13(12)5-11/h3-5,10H,6-9H2,1-2H3.